The largest absolute Gasteiger partial charge is 0.466 e. The van der Waals surface area contributed by atoms with Crippen LogP contribution in [-0.4, -0.2) is 17.0 Å². The number of ether oxygens (including phenoxy) is 1. The molecule has 0 aromatic heterocycles. The van der Waals surface area contributed by atoms with Gasteiger partial charge in [-0.05, 0) is 31.6 Å². The summed E-state index contributed by atoms with van der Waals surface area (Å²) in [5.74, 6) is 1.37. The van der Waals surface area contributed by atoms with E-state index in [0.717, 1.165) is 4.43 Å². The first-order valence-electron chi connectivity index (χ1n) is 5.50. The molecule has 2 fully saturated rings. The molecule has 0 aliphatic heterocycles. The highest BCUT2D eigenvalue weighted by Gasteiger charge is 2.69. The highest BCUT2D eigenvalue weighted by Crippen LogP contribution is 2.66. The van der Waals surface area contributed by atoms with Crippen LogP contribution in [0, 0.1) is 17.3 Å². The third kappa shape index (κ3) is 1.39. The number of rotatable bonds is 3. The lowest BCUT2D eigenvalue weighted by atomic mass is 10.0. The molecule has 0 N–H and O–H groups in total. The fourth-order valence-electron chi connectivity index (χ4n) is 3.07. The van der Waals surface area contributed by atoms with Crippen molar-refractivity contribution >= 4 is 28.6 Å². The lowest BCUT2D eigenvalue weighted by Crippen LogP contribution is -2.24. The molecule has 0 heterocycles. The van der Waals surface area contributed by atoms with Crippen LogP contribution in [0.15, 0.2) is 0 Å². The smallest absolute Gasteiger partial charge is 0.313 e. The number of halogens is 1. The Labute approximate surface area is 98.9 Å². The van der Waals surface area contributed by atoms with Crippen molar-refractivity contribution in [2.75, 3.05) is 11.0 Å². The highest BCUT2D eigenvalue weighted by molar-refractivity contribution is 14.1. The van der Waals surface area contributed by atoms with E-state index in [9.17, 15) is 4.79 Å². The monoisotopic (exact) mass is 308 g/mol. The van der Waals surface area contributed by atoms with Crippen LogP contribution in [-0.2, 0) is 9.53 Å². The number of hydrogen-bond acceptors (Lipinski definition) is 2. The van der Waals surface area contributed by atoms with Gasteiger partial charge in [0.25, 0.3) is 0 Å². The zero-order chi connectivity index (χ0) is 10.2. The third-order valence-electron chi connectivity index (χ3n) is 3.86. The van der Waals surface area contributed by atoms with Gasteiger partial charge in [0, 0.05) is 4.43 Å². The number of carbonyl (C=O) groups is 1. The standard InChI is InChI=1S/C11H17IO2/c1-2-14-10(13)11(7-12)8-5-3-4-6-9(8)11/h8-9H,2-7H2,1H3. The Kier molecular flexibility index (Phi) is 3.05. The van der Waals surface area contributed by atoms with Gasteiger partial charge in [-0.15, -0.1) is 0 Å². The van der Waals surface area contributed by atoms with Crippen molar-refractivity contribution in [2.24, 2.45) is 17.3 Å². The number of carbonyl (C=O) groups excluding carboxylic acids is 1. The summed E-state index contributed by atoms with van der Waals surface area (Å²) in [6.07, 6.45) is 5.09. The second-order valence-electron chi connectivity index (χ2n) is 4.39. The molecule has 3 heteroatoms. The Morgan fingerprint density at radius 3 is 2.43 bits per heavy atom. The molecule has 0 aromatic rings. The second-order valence-corrected chi connectivity index (χ2v) is 5.15. The van der Waals surface area contributed by atoms with Gasteiger partial charge < -0.3 is 4.74 Å². The predicted molar refractivity (Wildman–Crippen MR) is 63.4 cm³/mol. The first-order valence-corrected chi connectivity index (χ1v) is 7.03. The molecule has 14 heavy (non-hydrogen) atoms. The van der Waals surface area contributed by atoms with Gasteiger partial charge in [-0.3, -0.25) is 4.79 Å². The van der Waals surface area contributed by atoms with E-state index in [1.807, 2.05) is 6.92 Å². The zero-order valence-corrected chi connectivity index (χ0v) is 10.7. The molecule has 0 radical (unpaired) electrons. The van der Waals surface area contributed by atoms with Gasteiger partial charge >= 0.3 is 5.97 Å². The van der Waals surface area contributed by atoms with Gasteiger partial charge in [0.15, 0.2) is 0 Å². The van der Waals surface area contributed by atoms with E-state index in [0.29, 0.717) is 18.4 Å². The van der Waals surface area contributed by atoms with Gasteiger partial charge in [0.05, 0.1) is 12.0 Å². The maximum Gasteiger partial charge on any atom is 0.313 e. The summed E-state index contributed by atoms with van der Waals surface area (Å²) in [4.78, 5) is 11.9. The molecule has 0 aromatic carbocycles. The minimum Gasteiger partial charge on any atom is -0.466 e. The van der Waals surface area contributed by atoms with E-state index in [1.54, 1.807) is 0 Å². The van der Waals surface area contributed by atoms with Crippen molar-refractivity contribution in [3.8, 4) is 0 Å². The van der Waals surface area contributed by atoms with Gasteiger partial charge in [-0.2, -0.15) is 0 Å². The fraction of sp³-hybridized carbons (Fsp3) is 0.909. The lowest BCUT2D eigenvalue weighted by Gasteiger charge is -2.12. The van der Waals surface area contributed by atoms with Gasteiger partial charge in [-0.25, -0.2) is 0 Å². The average Bonchev–Trinajstić information content (AvgIpc) is 2.87. The van der Waals surface area contributed by atoms with Crippen LogP contribution in [0.3, 0.4) is 0 Å². The molecule has 0 bridgehead atoms. The van der Waals surface area contributed by atoms with Gasteiger partial charge in [-0.1, -0.05) is 35.4 Å². The maximum atomic E-state index is 11.9. The van der Waals surface area contributed by atoms with E-state index in [2.05, 4.69) is 22.6 Å². The van der Waals surface area contributed by atoms with Crippen molar-refractivity contribution in [1.29, 1.82) is 0 Å². The normalized spacial score (nSPS) is 40.1. The van der Waals surface area contributed by atoms with Crippen molar-refractivity contribution in [1.82, 2.24) is 0 Å². The maximum absolute atomic E-state index is 11.9. The van der Waals surface area contributed by atoms with E-state index < -0.39 is 0 Å². The van der Waals surface area contributed by atoms with Gasteiger partial charge in [0.2, 0.25) is 0 Å². The predicted octanol–water partition coefficient (Wildman–Crippen LogP) is 2.79. The summed E-state index contributed by atoms with van der Waals surface area (Å²) in [5.41, 5.74) is -0.0763. The van der Waals surface area contributed by atoms with E-state index >= 15 is 0 Å². The quantitative estimate of drug-likeness (QED) is 0.455. The van der Waals surface area contributed by atoms with Crippen molar-refractivity contribution in [3.63, 3.8) is 0 Å². The third-order valence-corrected chi connectivity index (χ3v) is 5.12. The first kappa shape index (κ1) is 10.7. The Bertz CT molecular complexity index is 227. The molecule has 2 unspecified atom stereocenters. The number of fused-ring (bicyclic) bond motifs is 1. The molecule has 80 valence electrons. The fourth-order valence-corrected chi connectivity index (χ4v) is 4.51. The van der Waals surface area contributed by atoms with Crippen LogP contribution in [0.2, 0.25) is 0 Å². The molecule has 2 nitrogen and oxygen atoms in total. The minimum atomic E-state index is -0.0763. The number of hydrogen-bond donors (Lipinski definition) is 0. The summed E-state index contributed by atoms with van der Waals surface area (Å²) in [7, 11) is 0. The SMILES string of the molecule is CCOC(=O)C1(CI)C2CCCCC21. The Balaban J connectivity index is 2.08. The zero-order valence-electron chi connectivity index (χ0n) is 8.59. The highest BCUT2D eigenvalue weighted by atomic mass is 127. The Morgan fingerprint density at radius 1 is 1.43 bits per heavy atom. The topological polar surface area (TPSA) is 26.3 Å². The summed E-state index contributed by atoms with van der Waals surface area (Å²) < 4.78 is 6.15. The molecule has 2 aliphatic rings. The lowest BCUT2D eigenvalue weighted by molar-refractivity contribution is -0.149. The summed E-state index contributed by atoms with van der Waals surface area (Å²) >= 11 is 2.35. The summed E-state index contributed by atoms with van der Waals surface area (Å²) in [6, 6.07) is 0. The molecule has 0 amide bonds. The van der Waals surface area contributed by atoms with Crippen molar-refractivity contribution in [2.45, 2.75) is 32.6 Å². The van der Waals surface area contributed by atoms with Crippen LogP contribution < -0.4 is 0 Å². The van der Waals surface area contributed by atoms with Crippen LogP contribution in [0.5, 0.6) is 0 Å². The molecule has 2 rings (SSSR count). The van der Waals surface area contributed by atoms with Crippen molar-refractivity contribution in [3.05, 3.63) is 0 Å². The van der Waals surface area contributed by atoms with Crippen LogP contribution in [0.1, 0.15) is 32.6 Å². The summed E-state index contributed by atoms with van der Waals surface area (Å²) in [5, 5.41) is 0. The molecule has 2 atom stereocenters. The number of esters is 1. The van der Waals surface area contributed by atoms with Crippen LogP contribution >= 0.6 is 22.6 Å². The van der Waals surface area contributed by atoms with Crippen molar-refractivity contribution < 1.29 is 9.53 Å². The molecular formula is C11H17IO2. The summed E-state index contributed by atoms with van der Waals surface area (Å²) in [6.45, 7) is 2.42. The molecule has 0 spiro atoms. The second kappa shape index (κ2) is 3.99. The Hall–Kier alpha value is 0.200. The molecule has 2 aliphatic carbocycles. The van der Waals surface area contributed by atoms with Gasteiger partial charge in [0.1, 0.15) is 0 Å². The number of alkyl halides is 1. The Morgan fingerprint density at radius 2 is 2.00 bits per heavy atom. The average molecular weight is 308 g/mol. The van der Waals surface area contributed by atoms with E-state index in [1.165, 1.54) is 25.7 Å². The van der Waals surface area contributed by atoms with E-state index in [-0.39, 0.29) is 11.4 Å². The molecule has 2 saturated carbocycles. The minimum absolute atomic E-state index is 0.0753. The van der Waals surface area contributed by atoms with Crippen LogP contribution in [0.25, 0.3) is 0 Å². The molecule has 0 saturated heterocycles. The van der Waals surface area contributed by atoms with Crippen LogP contribution in [0.4, 0.5) is 0 Å². The first-order chi connectivity index (χ1) is 6.77. The molecular weight excluding hydrogens is 291 g/mol. The van der Waals surface area contributed by atoms with E-state index in [4.69, 9.17) is 4.74 Å².